The van der Waals surface area contributed by atoms with Gasteiger partial charge in [0.05, 0.1) is 4.88 Å². The summed E-state index contributed by atoms with van der Waals surface area (Å²) in [4.78, 5) is 5.41. The highest BCUT2D eigenvalue weighted by Gasteiger charge is 2.03. The van der Waals surface area contributed by atoms with E-state index in [1.165, 1.54) is 25.1 Å². The minimum Gasteiger partial charge on any atom is -0.143 e. The maximum absolute atomic E-state index is 3.78. The molecule has 4 aromatic rings. The van der Waals surface area contributed by atoms with Crippen LogP contribution in [-0.4, -0.2) is 0 Å². The topological polar surface area (TPSA) is 0 Å². The Morgan fingerprint density at radius 3 is 1.64 bits per heavy atom. The van der Waals surface area contributed by atoms with E-state index < -0.39 is 0 Å². The van der Waals surface area contributed by atoms with Gasteiger partial charge in [0.15, 0.2) is 0 Å². The molecule has 0 saturated heterocycles. The van der Waals surface area contributed by atoms with Gasteiger partial charge in [-0.05, 0) is 51.3 Å². The zero-order chi connectivity index (χ0) is 15.2. The summed E-state index contributed by atoms with van der Waals surface area (Å²) < 4.78 is 0. The van der Waals surface area contributed by atoms with E-state index in [0.717, 1.165) is 0 Å². The Balaban J connectivity index is 0.000000133. The van der Waals surface area contributed by atoms with Crippen LogP contribution < -0.4 is 0 Å². The van der Waals surface area contributed by atoms with E-state index in [0.29, 0.717) is 0 Å². The Morgan fingerprint density at radius 1 is 0.636 bits per heavy atom. The van der Waals surface area contributed by atoms with E-state index in [1.807, 2.05) is 6.08 Å². The van der Waals surface area contributed by atoms with Crippen molar-refractivity contribution in [2.75, 3.05) is 0 Å². The highest BCUT2D eigenvalue weighted by Crippen LogP contribution is 2.33. The third kappa shape index (κ3) is 3.65. The van der Waals surface area contributed by atoms with E-state index in [1.54, 1.807) is 45.3 Å². The second kappa shape index (κ2) is 7.70. The van der Waals surface area contributed by atoms with Crippen LogP contribution in [0.2, 0.25) is 0 Å². The molecule has 0 atom stereocenters. The SMILES string of the molecule is C=Cc1ccsc1-c1cccs1.c1csc(-c2cccs2)c1. The van der Waals surface area contributed by atoms with Gasteiger partial charge in [-0.1, -0.05) is 30.9 Å². The average molecular weight is 359 g/mol. The van der Waals surface area contributed by atoms with Crippen molar-refractivity contribution in [3.63, 3.8) is 0 Å². The Kier molecular flexibility index (Phi) is 5.40. The van der Waals surface area contributed by atoms with Crippen LogP contribution >= 0.6 is 45.3 Å². The number of rotatable bonds is 3. The van der Waals surface area contributed by atoms with Crippen molar-refractivity contribution >= 4 is 51.4 Å². The van der Waals surface area contributed by atoms with E-state index >= 15 is 0 Å². The zero-order valence-electron chi connectivity index (χ0n) is 11.8. The second-order valence-corrected chi connectivity index (χ2v) is 8.10. The Morgan fingerprint density at radius 2 is 1.18 bits per heavy atom. The predicted octanol–water partition coefficient (Wildman–Crippen LogP) is 7.60. The molecule has 0 saturated carbocycles. The fourth-order valence-electron chi connectivity index (χ4n) is 1.93. The normalized spacial score (nSPS) is 10.0. The summed E-state index contributed by atoms with van der Waals surface area (Å²) in [5.41, 5.74) is 1.24. The Labute approximate surface area is 146 Å². The molecule has 0 aliphatic heterocycles. The summed E-state index contributed by atoms with van der Waals surface area (Å²) in [5.74, 6) is 0. The lowest BCUT2D eigenvalue weighted by atomic mass is 10.2. The summed E-state index contributed by atoms with van der Waals surface area (Å²) in [6, 6.07) is 14.8. The zero-order valence-corrected chi connectivity index (χ0v) is 15.0. The van der Waals surface area contributed by atoms with Gasteiger partial charge in [0.2, 0.25) is 0 Å². The van der Waals surface area contributed by atoms with Crippen molar-refractivity contribution in [2.24, 2.45) is 0 Å². The van der Waals surface area contributed by atoms with Gasteiger partial charge < -0.3 is 0 Å². The molecule has 0 aliphatic carbocycles. The Bertz CT molecular complexity index is 755. The summed E-state index contributed by atoms with van der Waals surface area (Å²) in [6.07, 6.45) is 1.91. The molecule has 0 bridgehead atoms. The van der Waals surface area contributed by atoms with E-state index in [2.05, 4.69) is 70.6 Å². The van der Waals surface area contributed by atoms with Crippen LogP contribution in [0.15, 0.2) is 70.6 Å². The Hall–Kier alpha value is -1.46. The predicted molar refractivity (Wildman–Crippen MR) is 105 cm³/mol. The lowest BCUT2D eigenvalue weighted by Crippen LogP contribution is -1.67. The molecule has 0 aliphatic rings. The van der Waals surface area contributed by atoms with Crippen LogP contribution in [0.4, 0.5) is 0 Å². The van der Waals surface area contributed by atoms with E-state index in [-0.39, 0.29) is 0 Å². The molecule has 4 heterocycles. The first kappa shape index (κ1) is 15.4. The smallest absolute Gasteiger partial charge is 0.0514 e. The molecule has 110 valence electrons. The standard InChI is InChI=1S/C10H8S2.C8H6S2/c1-2-8-5-7-12-10(8)9-4-3-6-11-9;1-3-7(9-5-1)8-4-2-6-10-8/h2-7H,1H2;1-6H. The van der Waals surface area contributed by atoms with Gasteiger partial charge in [-0.3, -0.25) is 0 Å². The molecule has 4 rings (SSSR count). The van der Waals surface area contributed by atoms with Crippen molar-refractivity contribution < 1.29 is 0 Å². The number of thiophene rings is 4. The van der Waals surface area contributed by atoms with E-state index in [4.69, 9.17) is 0 Å². The molecule has 0 spiro atoms. The van der Waals surface area contributed by atoms with Crippen molar-refractivity contribution in [1.82, 2.24) is 0 Å². The highest BCUT2D eigenvalue weighted by molar-refractivity contribution is 7.21. The molecular formula is C18H14S4. The largest absolute Gasteiger partial charge is 0.143 e. The highest BCUT2D eigenvalue weighted by atomic mass is 32.1. The summed E-state index contributed by atoms with van der Waals surface area (Å²) in [5, 5.41) is 8.41. The monoisotopic (exact) mass is 358 g/mol. The third-order valence-electron chi connectivity index (χ3n) is 2.95. The van der Waals surface area contributed by atoms with Crippen molar-refractivity contribution in [2.45, 2.75) is 0 Å². The molecule has 0 radical (unpaired) electrons. The first-order valence-electron chi connectivity index (χ1n) is 6.69. The fraction of sp³-hybridized carbons (Fsp3) is 0. The molecule has 0 aromatic carbocycles. The van der Waals surface area contributed by atoms with Gasteiger partial charge in [-0.15, -0.1) is 45.3 Å². The molecule has 4 aromatic heterocycles. The molecular weight excluding hydrogens is 344 g/mol. The number of hydrogen-bond donors (Lipinski definition) is 0. The maximum atomic E-state index is 3.78. The maximum Gasteiger partial charge on any atom is 0.0514 e. The van der Waals surface area contributed by atoms with Gasteiger partial charge in [0.1, 0.15) is 0 Å². The van der Waals surface area contributed by atoms with Crippen LogP contribution in [0.3, 0.4) is 0 Å². The minimum atomic E-state index is 1.24. The molecule has 22 heavy (non-hydrogen) atoms. The summed E-state index contributed by atoms with van der Waals surface area (Å²) >= 11 is 7.13. The summed E-state index contributed by atoms with van der Waals surface area (Å²) in [7, 11) is 0. The first-order chi connectivity index (χ1) is 10.9. The lowest BCUT2D eigenvalue weighted by molar-refractivity contribution is 1.86. The minimum absolute atomic E-state index is 1.24. The molecule has 0 nitrogen and oxygen atoms in total. The molecule has 0 fully saturated rings. The third-order valence-corrected chi connectivity index (χ3v) is 6.86. The van der Waals surface area contributed by atoms with Crippen molar-refractivity contribution in [3.8, 4) is 19.5 Å². The average Bonchev–Trinajstić information content (AvgIpc) is 3.37. The van der Waals surface area contributed by atoms with Gasteiger partial charge in [-0.2, -0.15) is 0 Å². The lowest BCUT2D eigenvalue weighted by Gasteiger charge is -1.92. The van der Waals surface area contributed by atoms with Gasteiger partial charge in [0, 0.05) is 14.6 Å². The van der Waals surface area contributed by atoms with Crippen molar-refractivity contribution in [3.05, 3.63) is 76.1 Å². The molecule has 0 N–H and O–H groups in total. The molecule has 0 unspecified atom stereocenters. The van der Waals surface area contributed by atoms with Crippen LogP contribution in [0.5, 0.6) is 0 Å². The molecule has 0 amide bonds. The van der Waals surface area contributed by atoms with Crippen LogP contribution in [0, 0.1) is 0 Å². The van der Waals surface area contributed by atoms with Gasteiger partial charge >= 0.3 is 0 Å². The summed E-state index contributed by atoms with van der Waals surface area (Å²) in [6.45, 7) is 3.78. The van der Waals surface area contributed by atoms with Gasteiger partial charge in [-0.25, -0.2) is 0 Å². The number of hydrogen-bond acceptors (Lipinski definition) is 4. The van der Waals surface area contributed by atoms with Crippen LogP contribution in [0.1, 0.15) is 5.56 Å². The molecule has 4 heteroatoms. The van der Waals surface area contributed by atoms with Crippen molar-refractivity contribution in [1.29, 1.82) is 0 Å². The van der Waals surface area contributed by atoms with E-state index in [9.17, 15) is 0 Å². The van der Waals surface area contributed by atoms with Crippen LogP contribution in [0.25, 0.3) is 25.6 Å². The fourth-order valence-corrected chi connectivity index (χ4v) is 5.30. The van der Waals surface area contributed by atoms with Crippen LogP contribution in [-0.2, 0) is 0 Å². The second-order valence-electron chi connectivity index (χ2n) is 4.34. The first-order valence-corrected chi connectivity index (χ1v) is 10.2. The van der Waals surface area contributed by atoms with Gasteiger partial charge in [0.25, 0.3) is 0 Å². The quantitative estimate of drug-likeness (QED) is 0.354.